The number of benzene rings is 2. The van der Waals surface area contributed by atoms with Gasteiger partial charge in [-0.1, -0.05) is 58.6 Å². The summed E-state index contributed by atoms with van der Waals surface area (Å²) in [6, 6.07) is 4.37. The molecule has 4 nitrogen and oxygen atoms in total. The number of carbonyl (C=O) groups is 2. The molecule has 2 aromatic rings. The third-order valence-electron chi connectivity index (χ3n) is 4.92. The van der Waals surface area contributed by atoms with E-state index in [0.29, 0.717) is 17.7 Å². The Bertz CT molecular complexity index is 1250. The number of amides is 2. The first-order valence-electron chi connectivity index (χ1n) is 10.8. The summed E-state index contributed by atoms with van der Waals surface area (Å²) in [4.78, 5) is 24.3. The van der Waals surface area contributed by atoms with Crippen LogP contribution < -0.4 is 10.6 Å². The molecule has 206 valence electrons. The summed E-state index contributed by atoms with van der Waals surface area (Å²) in [5, 5.41) is 4.03. The highest BCUT2D eigenvalue weighted by Gasteiger charge is 2.40. The van der Waals surface area contributed by atoms with E-state index in [1.807, 2.05) is 0 Å². The molecule has 2 aromatic carbocycles. The number of hydrogen-bond acceptors (Lipinski definition) is 2. The number of carbonyl (C=O) groups excluding carboxylic acids is 2. The van der Waals surface area contributed by atoms with Gasteiger partial charge in [0.15, 0.2) is 0 Å². The molecule has 0 bridgehead atoms. The number of nitrogens with one attached hydrogen (secondary N) is 2. The normalized spacial score (nSPS) is 13.7. The molecule has 0 saturated heterocycles. The van der Waals surface area contributed by atoms with Crippen molar-refractivity contribution >= 4 is 52.7 Å². The molecule has 2 amide bonds. The quantitative estimate of drug-likeness (QED) is 0.146. The van der Waals surface area contributed by atoms with Crippen LogP contribution >= 0.6 is 34.8 Å². The highest BCUT2D eigenvalue weighted by Crippen LogP contribution is 2.41. The molecule has 0 heterocycles. The maximum absolute atomic E-state index is 13.8. The largest absolute Gasteiger partial charge is 0.417 e. The van der Waals surface area contributed by atoms with E-state index in [0.717, 1.165) is 30.3 Å². The van der Waals surface area contributed by atoms with Gasteiger partial charge in [0, 0.05) is 6.08 Å². The first-order valence-corrected chi connectivity index (χ1v) is 11.9. The number of rotatable bonds is 7. The number of halogens is 9. The standard InChI is InChI=1S/C25H21Cl3F6N2O2/c1-12(2)8-21(37)35-13(3)36-23(38)16-6-4-14(9-18(16)25(32,33)34)5-7-17(24(29,30)31)15-10-19(26)22(28)20(27)11-15/h4-11,13,17H,1-3H3,(H,35,37)(H,36,38)/t13-,17?/m1/s1. The monoisotopic (exact) mass is 600 g/mol. The van der Waals surface area contributed by atoms with Crippen molar-refractivity contribution < 1.29 is 35.9 Å². The predicted octanol–water partition coefficient (Wildman–Crippen LogP) is 8.18. The SMILES string of the molecule is CC(C)=CC(=O)N[C@@H](C)NC(=O)c1ccc(C=CC(c2cc(Cl)c(Cl)c(Cl)c2)C(F)(F)F)cc1C(F)(F)F. The summed E-state index contributed by atoms with van der Waals surface area (Å²) in [5.74, 6) is -3.97. The Balaban J connectivity index is 2.39. The summed E-state index contributed by atoms with van der Waals surface area (Å²) in [7, 11) is 0. The zero-order chi connectivity index (χ0) is 29.0. The van der Waals surface area contributed by atoms with Crippen LogP contribution in [-0.4, -0.2) is 24.2 Å². The molecule has 2 atom stereocenters. The van der Waals surface area contributed by atoms with Crippen LogP contribution in [0.15, 0.2) is 48.1 Å². The fourth-order valence-corrected chi connectivity index (χ4v) is 3.91. The van der Waals surface area contributed by atoms with Crippen LogP contribution in [0.2, 0.25) is 15.1 Å². The lowest BCUT2D eigenvalue weighted by Crippen LogP contribution is -2.45. The molecule has 0 aromatic heterocycles. The highest BCUT2D eigenvalue weighted by molar-refractivity contribution is 6.48. The van der Waals surface area contributed by atoms with Crippen LogP contribution in [0.4, 0.5) is 26.3 Å². The smallest absolute Gasteiger partial charge is 0.333 e. The van der Waals surface area contributed by atoms with Gasteiger partial charge in [-0.25, -0.2) is 0 Å². The van der Waals surface area contributed by atoms with Crippen molar-refractivity contribution in [3.63, 3.8) is 0 Å². The van der Waals surface area contributed by atoms with Gasteiger partial charge in [-0.15, -0.1) is 0 Å². The van der Waals surface area contributed by atoms with Gasteiger partial charge in [0.25, 0.3) is 5.91 Å². The Morgan fingerprint density at radius 3 is 2.00 bits per heavy atom. The van der Waals surface area contributed by atoms with Gasteiger partial charge in [-0.3, -0.25) is 9.59 Å². The predicted molar refractivity (Wildman–Crippen MR) is 135 cm³/mol. The minimum absolute atomic E-state index is 0.142. The Morgan fingerprint density at radius 1 is 0.921 bits per heavy atom. The molecule has 0 fully saturated rings. The Labute approximate surface area is 229 Å². The summed E-state index contributed by atoms with van der Waals surface area (Å²) < 4.78 is 82.5. The van der Waals surface area contributed by atoms with Crippen LogP contribution in [0.3, 0.4) is 0 Å². The van der Waals surface area contributed by atoms with Gasteiger partial charge < -0.3 is 10.6 Å². The number of hydrogen-bond donors (Lipinski definition) is 2. The van der Waals surface area contributed by atoms with E-state index in [4.69, 9.17) is 34.8 Å². The van der Waals surface area contributed by atoms with E-state index >= 15 is 0 Å². The van der Waals surface area contributed by atoms with Crippen LogP contribution in [0.1, 0.15) is 53.7 Å². The second-order valence-corrected chi connectivity index (χ2v) is 9.60. The van der Waals surface area contributed by atoms with Crippen molar-refractivity contribution in [2.24, 2.45) is 0 Å². The summed E-state index contributed by atoms with van der Waals surface area (Å²) in [6.45, 7) is 4.67. The van der Waals surface area contributed by atoms with Crippen LogP contribution in [0.25, 0.3) is 6.08 Å². The summed E-state index contributed by atoms with van der Waals surface area (Å²) in [5.41, 5.74) is -2.11. The fourth-order valence-electron chi connectivity index (χ4n) is 3.30. The molecule has 2 N–H and O–H groups in total. The van der Waals surface area contributed by atoms with E-state index in [2.05, 4.69) is 10.6 Å². The van der Waals surface area contributed by atoms with Gasteiger partial charge in [0.2, 0.25) is 5.91 Å². The maximum Gasteiger partial charge on any atom is 0.417 e. The molecule has 0 radical (unpaired) electrons. The first kappa shape index (κ1) is 31.5. The summed E-state index contributed by atoms with van der Waals surface area (Å²) in [6.07, 6.45) is -8.14. The molecule has 0 spiro atoms. The van der Waals surface area contributed by atoms with Crippen molar-refractivity contribution in [3.05, 3.63) is 85.4 Å². The Morgan fingerprint density at radius 2 is 1.50 bits per heavy atom. The van der Waals surface area contributed by atoms with Crippen molar-refractivity contribution in [2.45, 2.75) is 45.2 Å². The molecule has 13 heteroatoms. The zero-order valence-corrected chi connectivity index (χ0v) is 22.3. The van der Waals surface area contributed by atoms with Gasteiger partial charge in [-0.05, 0) is 56.2 Å². The van der Waals surface area contributed by atoms with E-state index in [9.17, 15) is 35.9 Å². The molecule has 0 aliphatic rings. The lowest BCUT2D eigenvalue weighted by molar-refractivity contribution is -0.139. The van der Waals surface area contributed by atoms with Crippen molar-refractivity contribution in [2.75, 3.05) is 0 Å². The van der Waals surface area contributed by atoms with Crippen molar-refractivity contribution in [1.82, 2.24) is 10.6 Å². The molecule has 2 rings (SSSR count). The van der Waals surface area contributed by atoms with E-state index < -0.39 is 47.4 Å². The molecular weight excluding hydrogens is 581 g/mol. The number of allylic oxidation sites excluding steroid dienone is 2. The van der Waals surface area contributed by atoms with Crippen molar-refractivity contribution in [3.8, 4) is 0 Å². The van der Waals surface area contributed by atoms with Crippen LogP contribution in [0.5, 0.6) is 0 Å². The minimum atomic E-state index is -5.01. The lowest BCUT2D eigenvalue weighted by Gasteiger charge is -2.19. The van der Waals surface area contributed by atoms with E-state index in [1.165, 1.54) is 13.0 Å². The lowest BCUT2D eigenvalue weighted by atomic mass is 9.96. The van der Waals surface area contributed by atoms with Gasteiger partial charge in [-0.2, -0.15) is 26.3 Å². The molecule has 1 unspecified atom stereocenters. The second-order valence-electron chi connectivity index (χ2n) is 8.41. The second kappa shape index (κ2) is 12.4. The maximum atomic E-state index is 13.8. The minimum Gasteiger partial charge on any atom is -0.333 e. The Kier molecular flexibility index (Phi) is 10.3. The van der Waals surface area contributed by atoms with Crippen LogP contribution in [0, 0.1) is 0 Å². The summed E-state index contributed by atoms with van der Waals surface area (Å²) >= 11 is 17.5. The molecule has 38 heavy (non-hydrogen) atoms. The number of alkyl halides is 6. The van der Waals surface area contributed by atoms with Gasteiger partial charge in [0.1, 0.15) is 0 Å². The van der Waals surface area contributed by atoms with Gasteiger partial charge in [0.05, 0.1) is 38.3 Å². The molecule has 0 aliphatic heterocycles. The topological polar surface area (TPSA) is 58.2 Å². The average Bonchev–Trinajstić information content (AvgIpc) is 2.75. The molecular formula is C25H21Cl3F6N2O2. The molecule has 0 saturated carbocycles. The van der Waals surface area contributed by atoms with E-state index in [1.54, 1.807) is 13.8 Å². The molecule has 0 aliphatic carbocycles. The van der Waals surface area contributed by atoms with Crippen LogP contribution in [-0.2, 0) is 11.0 Å². The van der Waals surface area contributed by atoms with Crippen molar-refractivity contribution in [1.29, 1.82) is 0 Å². The van der Waals surface area contributed by atoms with E-state index in [-0.39, 0.29) is 26.2 Å². The third kappa shape index (κ3) is 8.68. The Hall–Kier alpha value is -2.69. The van der Waals surface area contributed by atoms with Gasteiger partial charge >= 0.3 is 12.4 Å². The average molecular weight is 602 g/mol. The highest BCUT2D eigenvalue weighted by atomic mass is 35.5. The third-order valence-corrected chi connectivity index (χ3v) is 6.12. The fraction of sp³-hybridized carbons (Fsp3) is 0.280. The zero-order valence-electron chi connectivity index (χ0n) is 20.0. The first-order chi connectivity index (χ1) is 17.4.